The monoisotopic (exact) mass is 379 g/mol. The molecule has 1 saturated heterocycles. The average Bonchev–Trinajstić information content (AvgIpc) is 2.67. The second kappa shape index (κ2) is 7.67. The smallest absolute Gasteiger partial charge is 0.406 e. The highest BCUT2D eigenvalue weighted by molar-refractivity contribution is 5.51. The molecule has 0 bridgehead atoms. The van der Waals surface area contributed by atoms with Crippen molar-refractivity contribution in [3.05, 3.63) is 41.7 Å². The van der Waals surface area contributed by atoms with E-state index < -0.39 is 6.36 Å². The first kappa shape index (κ1) is 18.7. The first-order valence-electron chi connectivity index (χ1n) is 8.12. The third kappa shape index (κ3) is 4.57. The van der Waals surface area contributed by atoms with Gasteiger partial charge >= 0.3 is 6.36 Å². The van der Waals surface area contributed by atoms with Crippen molar-refractivity contribution >= 4 is 11.6 Å². The minimum absolute atomic E-state index is 0.144. The zero-order valence-electron chi connectivity index (χ0n) is 14.1. The molecule has 3 rings (SSSR count). The Labute approximate surface area is 153 Å². The van der Waals surface area contributed by atoms with E-state index in [9.17, 15) is 18.3 Å². The molecule has 1 fully saturated rings. The second-order valence-corrected chi connectivity index (χ2v) is 5.83. The van der Waals surface area contributed by atoms with Crippen molar-refractivity contribution in [2.24, 2.45) is 0 Å². The number of halogens is 3. The van der Waals surface area contributed by atoms with Crippen LogP contribution in [0.25, 0.3) is 0 Å². The molecule has 27 heavy (non-hydrogen) atoms. The fourth-order valence-corrected chi connectivity index (χ4v) is 2.79. The molecule has 0 spiro atoms. The number of piperazine rings is 1. The van der Waals surface area contributed by atoms with Crippen LogP contribution in [0.5, 0.6) is 5.75 Å². The van der Waals surface area contributed by atoms with Crippen molar-refractivity contribution in [2.45, 2.75) is 13.0 Å². The number of ether oxygens (including phenoxy) is 1. The van der Waals surface area contributed by atoms with Gasteiger partial charge in [0.15, 0.2) is 5.69 Å². The zero-order chi connectivity index (χ0) is 19.4. The molecule has 142 valence electrons. The van der Waals surface area contributed by atoms with E-state index in [1.165, 1.54) is 18.3 Å². The highest BCUT2D eigenvalue weighted by atomic mass is 19.4. The van der Waals surface area contributed by atoms with Crippen molar-refractivity contribution in [1.29, 1.82) is 5.26 Å². The normalized spacial score (nSPS) is 14.8. The van der Waals surface area contributed by atoms with Crippen molar-refractivity contribution < 1.29 is 23.0 Å². The maximum absolute atomic E-state index is 12.2. The van der Waals surface area contributed by atoms with Gasteiger partial charge in [-0.25, -0.2) is 9.97 Å². The molecule has 1 aromatic carbocycles. The highest BCUT2D eigenvalue weighted by Crippen LogP contribution is 2.26. The van der Waals surface area contributed by atoms with Crippen LogP contribution in [0.1, 0.15) is 11.3 Å². The Morgan fingerprint density at radius 3 is 2.30 bits per heavy atom. The molecule has 1 aliphatic heterocycles. The summed E-state index contributed by atoms with van der Waals surface area (Å²) in [5.74, 6) is 0.156. The third-order valence-corrected chi connectivity index (χ3v) is 4.13. The second-order valence-electron chi connectivity index (χ2n) is 5.83. The number of aromatic nitrogens is 2. The van der Waals surface area contributed by atoms with Gasteiger partial charge in [0.1, 0.15) is 11.8 Å². The van der Waals surface area contributed by atoms with Crippen LogP contribution in [0, 0.1) is 11.3 Å². The molecular formula is C17H16F3N5O2. The molecule has 1 aromatic heterocycles. The van der Waals surface area contributed by atoms with Crippen LogP contribution < -0.4 is 14.5 Å². The molecule has 1 N–H and O–H groups in total. The Morgan fingerprint density at radius 2 is 1.74 bits per heavy atom. The van der Waals surface area contributed by atoms with Gasteiger partial charge in [0.2, 0.25) is 5.95 Å². The standard InChI is InChI=1S/C17H16F3N5O2/c18-17(19,20)27-14-3-1-13(2-4-14)24-5-7-25(8-6-24)16-22-10-12(11-26)15(9-21)23-16/h1-4,10,26H,5-8,11H2. The SMILES string of the molecule is N#Cc1nc(N2CCN(c3ccc(OC(F)(F)F)cc3)CC2)ncc1CO. The van der Waals surface area contributed by atoms with E-state index in [-0.39, 0.29) is 18.1 Å². The summed E-state index contributed by atoms with van der Waals surface area (Å²) >= 11 is 0. The zero-order valence-corrected chi connectivity index (χ0v) is 14.1. The molecule has 10 heteroatoms. The van der Waals surface area contributed by atoms with Crippen LogP contribution in [-0.4, -0.2) is 47.6 Å². The lowest BCUT2D eigenvalue weighted by molar-refractivity contribution is -0.274. The maximum Gasteiger partial charge on any atom is 0.573 e. The summed E-state index contributed by atoms with van der Waals surface area (Å²) in [5.41, 5.74) is 1.31. The van der Waals surface area contributed by atoms with E-state index in [1.807, 2.05) is 15.9 Å². The molecule has 0 amide bonds. The van der Waals surface area contributed by atoms with Crippen molar-refractivity contribution in [3.8, 4) is 11.8 Å². The van der Waals surface area contributed by atoms with Crippen LogP contribution in [0.4, 0.5) is 24.8 Å². The van der Waals surface area contributed by atoms with Gasteiger partial charge in [-0.3, -0.25) is 0 Å². The maximum atomic E-state index is 12.2. The van der Waals surface area contributed by atoms with Gasteiger partial charge in [0.25, 0.3) is 0 Å². The molecule has 0 atom stereocenters. The fourth-order valence-electron chi connectivity index (χ4n) is 2.79. The first-order chi connectivity index (χ1) is 12.9. The number of hydrogen-bond donors (Lipinski definition) is 1. The van der Waals surface area contributed by atoms with Gasteiger partial charge in [-0.1, -0.05) is 0 Å². The summed E-state index contributed by atoms with van der Waals surface area (Å²) in [4.78, 5) is 12.3. The number of nitriles is 1. The molecular weight excluding hydrogens is 363 g/mol. The summed E-state index contributed by atoms with van der Waals surface area (Å²) in [6.45, 7) is 2.11. The highest BCUT2D eigenvalue weighted by Gasteiger charge is 2.31. The Morgan fingerprint density at radius 1 is 1.11 bits per heavy atom. The number of benzene rings is 1. The number of aliphatic hydroxyl groups is 1. The molecule has 0 saturated carbocycles. The van der Waals surface area contributed by atoms with Gasteiger partial charge < -0.3 is 19.6 Å². The summed E-state index contributed by atoms with van der Waals surface area (Å²) < 4.78 is 40.5. The molecule has 7 nitrogen and oxygen atoms in total. The topological polar surface area (TPSA) is 85.5 Å². The number of rotatable bonds is 4. The largest absolute Gasteiger partial charge is 0.573 e. The predicted molar refractivity (Wildman–Crippen MR) is 90.2 cm³/mol. The fraction of sp³-hybridized carbons (Fsp3) is 0.353. The Balaban J connectivity index is 1.63. The average molecular weight is 379 g/mol. The van der Waals surface area contributed by atoms with E-state index in [0.29, 0.717) is 37.7 Å². The number of nitrogens with zero attached hydrogens (tertiary/aromatic N) is 5. The van der Waals surface area contributed by atoms with E-state index in [0.717, 1.165) is 5.69 Å². The van der Waals surface area contributed by atoms with Crippen molar-refractivity contribution in [3.63, 3.8) is 0 Å². The minimum Gasteiger partial charge on any atom is -0.406 e. The van der Waals surface area contributed by atoms with Crippen LogP contribution in [0.15, 0.2) is 30.5 Å². The Hall–Kier alpha value is -3.06. The molecule has 0 radical (unpaired) electrons. The number of aliphatic hydroxyl groups excluding tert-OH is 1. The van der Waals surface area contributed by atoms with E-state index >= 15 is 0 Å². The Kier molecular flexibility index (Phi) is 5.32. The summed E-state index contributed by atoms with van der Waals surface area (Å²) in [7, 11) is 0. The number of hydrogen-bond acceptors (Lipinski definition) is 7. The van der Waals surface area contributed by atoms with E-state index in [2.05, 4.69) is 14.7 Å². The van der Waals surface area contributed by atoms with Gasteiger partial charge in [0, 0.05) is 43.6 Å². The minimum atomic E-state index is -4.71. The first-order valence-corrected chi connectivity index (χ1v) is 8.12. The summed E-state index contributed by atoms with van der Waals surface area (Å²) in [6, 6.07) is 7.67. The Bertz CT molecular complexity index is 828. The van der Waals surface area contributed by atoms with Crippen molar-refractivity contribution in [2.75, 3.05) is 36.0 Å². The van der Waals surface area contributed by atoms with Crippen LogP contribution in [0.3, 0.4) is 0 Å². The van der Waals surface area contributed by atoms with Gasteiger partial charge in [-0.05, 0) is 24.3 Å². The lowest BCUT2D eigenvalue weighted by atomic mass is 10.2. The molecule has 2 aromatic rings. The molecule has 0 aliphatic carbocycles. The predicted octanol–water partition coefficient (Wildman–Crippen LogP) is 2.07. The third-order valence-electron chi connectivity index (χ3n) is 4.13. The lowest BCUT2D eigenvalue weighted by Gasteiger charge is -2.36. The van der Waals surface area contributed by atoms with Crippen LogP contribution in [-0.2, 0) is 6.61 Å². The molecule has 0 unspecified atom stereocenters. The van der Waals surface area contributed by atoms with E-state index in [4.69, 9.17) is 5.26 Å². The van der Waals surface area contributed by atoms with Gasteiger partial charge in [0.05, 0.1) is 6.61 Å². The molecule has 2 heterocycles. The van der Waals surface area contributed by atoms with E-state index in [1.54, 1.807) is 12.1 Å². The number of anilines is 2. The lowest BCUT2D eigenvalue weighted by Crippen LogP contribution is -2.47. The quantitative estimate of drug-likeness (QED) is 0.870. The van der Waals surface area contributed by atoms with Crippen LogP contribution in [0.2, 0.25) is 0 Å². The van der Waals surface area contributed by atoms with Crippen LogP contribution >= 0.6 is 0 Å². The summed E-state index contributed by atoms with van der Waals surface area (Å²) in [5, 5.41) is 18.3. The van der Waals surface area contributed by atoms with Gasteiger partial charge in [-0.2, -0.15) is 5.26 Å². The van der Waals surface area contributed by atoms with Crippen molar-refractivity contribution in [1.82, 2.24) is 9.97 Å². The number of alkyl halides is 3. The summed E-state index contributed by atoms with van der Waals surface area (Å²) in [6.07, 6.45) is -3.27. The molecule has 1 aliphatic rings. The van der Waals surface area contributed by atoms with Gasteiger partial charge in [-0.15, -0.1) is 13.2 Å².